The van der Waals surface area contributed by atoms with Crippen molar-refractivity contribution in [2.45, 2.75) is 19.4 Å². The highest BCUT2D eigenvalue weighted by Crippen LogP contribution is 2.28. The van der Waals surface area contributed by atoms with Crippen molar-refractivity contribution in [2.75, 3.05) is 6.61 Å². The molecule has 1 heterocycles. The highest BCUT2D eigenvalue weighted by atomic mass is 16.5. The highest BCUT2D eigenvalue weighted by molar-refractivity contribution is 5.89. The average Bonchev–Trinajstić information content (AvgIpc) is 2.87. The van der Waals surface area contributed by atoms with E-state index in [4.69, 9.17) is 14.6 Å². The summed E-state index contributed by atoms with van der Waals surface area (Å²) in [6, 6.07) is 13.0. The van der Waals surface area contributed by atoms with Crippen LogP contribution >= 0.6 is 0 Å². The van der Waals surface area contributed by atoms with E-state index in [2.05, 4.69) is 6.07 Å². The number of ether oxygens (including phenoxy) is 2. The lowest BCUT2D eigenvalue weighted by Crippen LogP contribution is -2.22. The van der Waals surface area contributed by atoms with E-state index in [9.17, 15) is 4.79 Å². The SMILES string of the molecule is Cc1cc(OCC2Cc3ccccc3O2)ccc1C(=O)O. The van der Waals surface area contributed by atoms with Crippen LogP contribution < -0.4 is 9.47 Å². The molecule has 2 aromatic carbocycles. The standard InChI is InChI=1S/C17H16O4/c1-11-8-13(6-7-15(11)17(18)19)20-10-14-9-12-4-2-3-5-16(12)21-14/h2-8,14H,9-10H2,1H3,(H,18,19). The molecule has 21 heavy (non-hydrogen) atoms. The maximum atomic E-state index is 11.0. The molecule has 0 spiro atoms. The largest absolute Gasteiger partial charge is 0.490 e. The number of rotatable bonds is 4. The Balaban J connectivity index is 1.62. The van der Waals surface area contributed by atoms with Gasteiger partial charge in [0, 0.05) is 6.42 Å². The number of hydrogen-bond acceptors (Lipinski definition) is 3. The van der Waals surface area contributed by atoms with Crippen LogP contribution in [0.4, 0.5) is 0 Å². The summed E-state index contributed by atoms with van der Waals surface area (Å²) in [6.07, 6.45) is 0.837. The van der Waals surface area contributed by atoms with Gasteiger partial charge in [-0.25, -0.2) is 4.79 Å². The van der Waals surface area contributed by atoms with Crippen molar-refractivity contribution in [3.05, 3.63) is 59.2 Å². The van der Waals surface area contributed by atoms with E-state index in [0.717, 1.165) is 12.2 Å². The van der Waals surface area contributed by atoms with E-state index in [0.29, 0.717) is 23.5 Å². The number of hydrogen-bond donors (Lipinski definition) is 1. The zero-order valence-corrected chi connectivity index (χ0v) is 11.7. The first-order valence-electron chi connectivity index (χ1n) is 6.85. The Kier molecular flexibility index (Phi) is 3.52. The Morgan fingerprint density at radius 1 is 1.33 bits per heavy atom. The smallest absolute Gasteiger partial charge is 0.335 e. The summed E-state index contributed by atoms with van der Waals surface area (Å²) in [7, 11) is 0. The van der Waals surface area contributed by atoms with Gasteiger partial charge < -0.3 is 14.6 Å². The van der Waals surface area contributed by atoms with Crippen molar-refractivity contribution in [1.82, 2.24) is 0 Å². The average molecular weight is 284 g/mol. The van der Waals surface area contributed by atoms with E-state index in [-0.39, 0.29) is 6.10 Å². The van der Waals surface area contributed by atoms with Crippen LogP contribution in [0.5, 0.6) is 11.5 Å². The Bertz CT molecular complexity index is 653. The first kappa shape index (κ1) is 13.5. The first-order valence-corrected chi connectivity index (χ1v) is 6.85. The molecule has 1 atom stereocenters. The summed E-state index contributed by atoms with van der Waals surface area (Å²) in [5.41, 5.74) is 2.19. The molecule has 0 aliphatic carbocycles. The van der Waals surface area contributed by atoms with Crippen LogP contribution in [0, 0.1) is 6.92 Å². The van der Waals surface area contributed by atoms with E-state index in [1.807, 2.05) is 18.2 Å². The minimum Gasteiger partial charge on any atom is -0.490 e. The molecule has 4 nitrogen and oxygen atoms in total. The van der Waals surface area contributed by atoms with Crippen molar-refractivity contribution in [2.24, 2.45) is 0 Å². The lowest BCUT2D eigenvalue weighted by molar-refractivity contribution is 0.0696. The van der Waals surface area contributed by atoms with Gasteiger partial charge in [0.15, 0.2) is 0 Å². The molecule has 0 saturated heterocycles. The topological polar surface area (TPSA) is 55.8 Å². The quantitative estimate of drug-likeness (QED) is 0.937. The number of aryl methyl sites for hydroxylation is 1. The van der Waals surface area contributed by atoms with Crippen LogP contribution in [0.2, 0.25) is 0 Å². The second-order valence-electron chi connectivity index (χ2n) is 5.14. The zero-order chi connectivity index (χ0) is 14.8. The van der Waals surface area contributed by atoms with Gasteiger partial charge in [-0.1, -0.05) is 18.2 Å². The second-order valence-corrected chi connectivity index (χ2v) is 5.14. The third kappa shape index (κ3) is 2.84. The molecule has 0 radical (unpaired) electrons. The minimum atomic E-state index is -0.923. The fourth-order valence-corrected chi connectivity index (χ4v) is 2.50. The number of para-hydroxylation sites is 1. The Morgan fingerprint density at radius 3 is 2.86 bits per heavy atom. The van der Waals surface area contributed by atoms with Gasteiger partial charge >= 0.3 is 5.97 Å². The molecule has 2 aromatic rings. The molecule has 1 aliphatic rings. The fraction of sp³-hybridized carbons (Fsp3) is 0.235. The maximum Gasteiger partial charge on any atom is 0.335 e. The van der Waals surface area contributed by atoms with Crippen molar-refractivity contribution >= 4 is 5.97 Å². The molecule has 0 fully saturated rings. The first-order chi connectivity index (χ1) is 10.1. The number of fused-ring (bicyclic) bond motifs is 1. The molecule has 108 valence electrons. The van der Waals surface area contributed by atoms with Gasteiger partial charge in [0.2, 0.25) is 0 Å². The summed E-state index contributed by atoms with van der Waals surface area (Å²) in [6.45, 7) is 2.21. The third-order valence-corrected chi connectivity index (χ3v) is 3.58. The predicted octanol–water partition coefficient (Wildman–Crippen LogP) is 3.08. The number of carbonyl (C=O) groups is 1. The van der Waals surface area contributed by atoms with Gasteiger partial charge in [-0.3, -0.25) is 0 Å². The fourth-order valence-electron chi connectivity index (χ4n) is 2.50. The number of benzene rings is 2. The number of carboxylic acids is 1. The molecule has 0 amide bonds. The van der Waals surface area contributed by atoms with Gasteiger partial charge in [0.1, 0.15) is 24.2 Å². The van der Waals surface area contributed by atoms with Crippen LogP contribution in [0.3, 0.4) is 0 Å². The molecule has 1 unspecified atom stereocenters. The molecular weight excluding hydrogens is 268 g/mol. The van der Waals surface area contributed by atoms with Gasteiger partial charge in [-0.2, -0.15) is 0 Å². The lowest BCUT2D eigenvalue weighted by atomic mass is 10.1. The van der Waals surface area contributed by atoms with Crippen molar-refractivity contribution in [3.8, 4) is 11.5 Å². The zero-order valence-electron chi connectivity index (χ0n) is 11.7. The Morgan fingerprint density at radius 2 is 2.14 bits per heavy atom. The highest BCUT2D eigenvalue weighted by Gasteiger charge is 2.22. The van der Waals surface area contributed by atoms with Crippen LogP contribution in [-0.4, -0.2) is 23.8 Å². The van der Waals surface area contributed by atoms with Crippen LogP contribution in [0.15, 0.2) is 42.5 Å². The monoisotopic (exact) mass is 284 g/mol. The van der Waals surface area contributed by atoms with E-state index >= 15 is 0 Å². The van der Waals surface area contributed by atoms with Gasteiger partial charge in [-0.15, -0.1) is 0 Å². The van der Waals surface area contributed by atoms with E-state index < -0.39 is 5.97 Å². The molecule has 0 aromatic heterocycles. The van der Waals surface area contributed by atoms with Crippen LogP contribution in [0.25, 0.3) is 0 Å². The van der Waals surface area contributed by atoms with Gasteiger partial charge in [0.25, 0.3) is 0 Å². The summed E-state index contributed by atoms with van der Waals surface area (Å²) in [5, 5.41) is 9.00. The van der Waals surface area contributed by atoms with Crippen molar-refractivity contribution in [3.63, 3.8) is 0 Å². The van der Waals surface area contributed by atoms with Gasteiger partial charge in [-0.05, 0) is 42.3 Å². The van der Waals surface area contributed by atoms with E-state index in [1.54, 1.807) is 25.1 Å². The Labute approximate surface area is 122 Å². The molecule has 4 heteroatoms. The summed E-state index contributed by atoms with van der Waals surface area (Å²) >= 11 is 0. The number of aromatic carboxylic acids is 1. The van der Waals surface area contributed by atoms with Gasteiger partial charge in [0.05, 0.1) is 5.56 Å². The molecule has 1 aliphatic heterocycles. The molecular formula is C17H16O4. The van der Waals surface area contributed by atoms with Crippen LogP contribution in [0.1, 0.15) is 21.5 Å². The molecule has 0 bridgehead atoms. The third-order valence-electron chi connectivity index (χ3n) is 3.58. The molecule has 1 N–H and O–H groups in total. The number of carboxylic acid groups (broad SMARTS) is 1. The Hall–Kier alpha value is -2.49. The maximum absolute atomic E-state index is 11.0. The second kappa shape index (κ2) is 5.48. The normalized spacial score (nSPS) is 16.1. The summed E-state index contributed by atoms with van der Waals surface area (Å²) in [5.74, 6) is 0.661. The van der Waals surface area contributed by atoms with Crippen molar-refractivity contribution < 1.29 is 19.4 Å². The van der Waals surface area contributed by atoms with Crippen molar-refractivity contribution in [1.29, 1.82) is 0 Å². The predicted molar refractivity (Wildman–Crippen MR) is 78.2 cm³/mol. The molecule has 0 saturated carbocycles. The summed E-state index contributed by atoms with van der Waals surface area (Å²) < 4.78 is 11.5. The minimum absolute atomic E-state index is 0.00172. The lowest BCUT2D eigenvalue weighted by Gasteiger charge is -2.13. The summed E-state index contributed by atoms with van der Waals surface area (Å²) in [4.78, 5) is 11.0. The molecule has 3 rings (SSSR count). The van der Waals surface area contributed by atoms with Crippen LogP contribution in [-0.2, 0) is 6.42 Å². The van der Waals surface area contributed by atoms with E-state index in [1.165, 1.54) is 5.56 Å².